The second kappa shape index (κ2) is 5.25. The van der Waals surface area contributed by atoms with E-state index in [9.17, 15) is 0 Å². The topological polar surface area (TPSA) is 48.1 Å². The quantitative estimate of drug-likeness (QED) is 0.926. The fraction of sp³-hybridized carbons (Fsp3) is 0.0833. The number of anilines is 1. The van der Waals surface area contributed by atoms with Crippen LogP contribution in [-0.4, -0.2) is 4.98 Å². The lowest BCUT2D eigenvalue weighted by molar-refractivity contribution is 0.296. The van der Waals surface area contributed by atoms with Crippen LogP contribution < -0.4 is 10.5 Å². The molecule has 0 amide bonds. The molecule has 1 aromatic heterocycles. The molecule has 0 radical (unpaired) electrons. The summed E-state index contributed by atoms with van der Waals surface area (Å²) in [5, 5.41) is 1.13. The largest absolute Gasteiger partial charge is 0.471 e. The van der Waals surface area contributed by atoms with E-state index in [0.29, 0.717) is 28.2 Å². The Morgan fingerprint density at radius 3 is 2.71 bits per heavy atom. The first-order valence-electron chi connectivity index (χ1n) is 4.94. The molecule has 17 heavy (non-hydrogen) atoms. The van der Waals surface area contributed by atoms with E-state index in [1.54, 1.807) is 12.1 Å². The lowest BCUT2D eigenvalue weighted by Gasteiger charge is -2.08. The van der Waals surface area contributed by atoms with Crippen molar-refractivity contribution in [2.75, 3.05) is 5.73 Å². The average molecular weight is 269 g/mol. The van der Waals surface area contributed by atoms with Gasteiger partial charge in [-0.2, -0.15) is 0 Å². The average Bonchev–Trinajstić information content (AvgIpc) is 2.30. The van der Waals surface area contributed by atoms with Gasteiger partial charge in [0, 0.05) is 16.8 Å². The van der Waals surface area contributed by atoms with Crippen molar-refractivity contribution in [1.82, 2.24) is 4.98 Å². The first-order valence-corrected chi connectivity index (χ1v) is 5.69. The van der Waals surface area contributed by atoms with Crippen LogP contribution >= 0.6 is 23.2 Å². The van der Waals surface area contributed by atoms with Crippen molar-refractivity contribution in [3.63, 3.8) is 0 Å². The third kappa shape index (κ3) is 3.02. The Kier molecular flexibility index (Phi) is 3.71. The molecule has 0 saturated carbocycles. The predicted octanol–water partition coefficient (Wildman–Crippen LogP) is 3.55. The number of nitrogens with two attached hydrogens (primary N) is 1. The molecule has 2 aromatic rings. The molecule has 1 aromatic carbocycles. The fourth-order valence-electron chi connectivity index (χ4n) is 1.32. The fourth-order valence-corrected chi connectivity index (χ4v) is 1.68. The van der Waals surface area contributed by atoms with Crippen LogP contribution in [0.3, 0.4) is 0 Å². The minimum Gasteiger partial charge on any atom is -0.471 e. The number of hydrogen-bond donors (Lipinski definition) is 1. The highest BCUT2D eigenvalue weighted by Gasteiger charge is 2.05. The van der Waals surface area contributed by atoms with Crippen molar-refractivity contribution in [1.29, 1.82) is 0 Å². The van der Waals surface area contributed by atoms with Gasteiger partial charge in [-0.3, -0.25) is 0 Å². The molecule has 2 N–H and O–H groups in total. The molecule has 0 aliphatic heterocycles. The molecule has 3 nitrogen and oxygen atoms in total. The second-order valence-corrected chi connectivity index (χ2v) is 4.27. The zero-order valence-electron chi connectivity index (χ0n) is 8.86. The maximum Gasteiger partial charge on any atom is 0.237 e. The van der Waals surface area contributed by atoms with Crippen LogP contribution in [0.4, 0.5) is 5.69 Å². The summed E-state index contributed by atoms with van der Waals surface area (Å²) in [6, 6.07) is 9.04. The van der Waals surface area contributed by atoms with Gasteiger partial charge in [0.25, 0.3) is 0 Å². The van der Waals surface area contributed by atoms with E-state index >= 15 is 0 Å². The molecule has 0 spiro atoms. The second-order valence-electron chi connectivity index (χ2n) is 3.43. The highest BCUT2D eigenvalue weighted by atomic mass is 35.5. The lowest BCUT2D eigenvalue weighted by Crippen LogP contribution is -2.01. The first-order chi connectivity index (χ1) is 8.16. The zero-order valence-corrected chi connectivity index (χ0v) is 10.4. The number of aromatic nitrogens is 1. The Bertz CT molecular complexity index is 532. The zero-order chi connectivity index (χ0) is 12.3. The minimum absolute atomic E-state index is 0.318. The Morgan fingerprint density at radius 1 is 1.24 bits per heavy atom. The Balaban J connectivity index is 2.10. The molecule has 88 valence electrons. The molecule has 0 bridgehead atoms. The van der Waals surface area contributed by atoms with Crippen LogP contribution in [0, 0.1) is 0 Å². The van der Waals surface area contributed by atoms with E-state index in [1.807, 2.05) is 18.2 Å². The molecular weight excluding hydrogens is 259 g/mol. The van der Waals surface area contributed by atoms with E-state index in [1.165, 1.54) is 6.20 Å². The van der Waals surface area contributed by atoms with Crippen molar-refractivity contribution in [2.24, 2.45) is 0 Å². The summed E-state index contributed by atoms with van der Waals surface area (Å²) in [5.41, 5.74) is 7.01. The number of ether oxygens (including phenoxy) is 1. The molecule has 0 aliphatic carbocycles. The summed E-state index contributed by atoms with van der Waals surface area (Å²) < 4.78 is 5.48. The van der Waals surface area contributed by atoms with Crippen LogP contribution in [0.5, 0.6) is 5.88 Å². The summed E-state index contributed by atoms with van der Waals surface area (Å²) in [4.78, 5) is 4.00. The van der Waals surface area contributed by atoms with Crippen molar-refractivity contribution in [3.8, 4) is 5.88 Å². The Morgan fingerprint density at radius 2 is 2.00 bits per heavy atom. The highest BCUT2D eigenvalue weighted by Crippen LogP contribution is 2.23. The van der Waals surface area contributed by atoms with Gasteiger partial charge in [0.1, 0.15) is 6.61 Å². The molecule has 5 heteroatoms. The van der Waals surface area contributed by atoms with Crippen LogP contribution in [0.25, 0.3) is 0 Å². The third-order valence-corrected chi connectivity index (χ3v) is 2.74. The van der Waals surface area contributed by atoms with Gasteiger partial charge in [-0.15, -0.1) is 0 Å². The van der Waals surface area contributed by atoms with Gasteiger partial charge in [0.05, 0.1) is 10.7 Å². The van der Waals surface area contributed by atoms with Gasteiger partial charge in [0.2, 0.25) is 5.88 Å². The maximum atomic E-state index is 6.00. The van der Waals surface area contributed by atoms with E-state index in [-0.39, 0.29) is 0 Å². The van der Waals surface area contributed by atoms with Crippen molar-refractivity contribution >= 4 is 28.9 Å². The first kappa shape index (κ1) is 12.0. The van der Waals surface area contributed by atoms with Crippen LogP contribution in [0.15, 0.2) is 36.5 Å². The van der Waals surface area contributed by atoms with E-state index in [2.05, 4.69) is 4.98 Å². The lowest BCUT2D eigenvalue weighted by atomic mass is 10.2. The smallest absolute Gasteiger partial charge is 0.237 e. The number of hydrogen-bond acceptors (Lipinski definition) is 3. The number of pyridine rings is 1. The molecule has 0 fully saturated rings. The van der Waals surface area contributed by atoms with Gasteiger partial charge in [-0.1, -0.05) is 41.4 Å². The number of nitrogen functional groups attached to an aromatic ring is 1. The van der Waals surface area contributed by atoms with Crippen LogP contribution in [0.2, 0.25) is 10.0 Å². The van der Waals surface area contributed by atoms with Gasteiger partial charge < -0.3 is 10.5 Å². The number of halogens is 2. The maximum absolute atomic E-state index is 6.00. The molecule has 0 atom stereocenters. The normalized spacial score (nSPS) is 10.2. The summed E-state index contributed by atoms with van der Waals surface area (Å²) >= 11 is 11.7. The minimum atomic E-state index is 0.318. The molecule has 2 rings (SSSR count). The molecular formula is C12H10Cl2N2O. The van der Waals surface area contributed by atoms with Crippen LogP contribution in [0.1, 0.15) is 5.56 Å². The van der Waals surface area contributed by atoms with Crippen molar-refractivity contribution < 1.29 is 4.74 Å². The van der Waals surface area contributed by atoms with Gasteiger partial charge in [-0.05, 0) is 12.1 Å². The SMILES string of the molecule is Nc1cc(Cl)cnc1OCc1ccccc1Cl. The Labute approximate surface area is 109 Å². The Hall–Kier alpha value is -1.45. The van der Waals surface area contributed by atoms with Gasteiger partial charge in [-0.25, -0.2) is 4.98 Å². The standard InChI is InChI=1S/C12H10Cl2N2O/c13-9-5-11(15)12(16-6-9)17-7-8-3-1-2-4-10(8)14/h1-6H,7,15H2. The molecule has 0 unspecified atom stereocenters. The number of benzene rings is 1. The van der Waals surface area contributed by atoms with E-state index in [4.69, 9.17) is 33.7 Å². The van der Waals surface area contributed by atoms with E-state index < -0.39 is 0 Å². The third-order valence-electron chi connectivity index (χ3n) is 2.17. The number of nitrogens with zero attached hydrogens (tertiary/aromatic N) is 1. The molecule has 0 saturated heterocycles. The van der Waals surface area contributed by atoms with Crippen molar-refractivity contribution in [3.05, 3.63) is 52.1 Å². The molecule has 0 aliphatic rings. The summed E-state index contributed by atoms with van der Waals surface area (Å²) in [6.45, 7) is 0.318. The number of rotatable bonds is 3. The predicted molar refractivity (Wildman–Crippen MR) is 69.4 cm³/mol. The van der Waals surface area contributed by atoms with Gasteiger partial charge in [0.15, 0.2) is 0 Å². The van der Waals surface area contributed by atoms with Gasteiger partial charge >= 0.3 is 0 Å². The monoisotopic (exact) mass is 268 g/mol. The summed E-state index contributed by atoms with van der Waals surface area (Å²) in [5.74, 6) is 0.356. The molecule has 1 heterocycles. The highest BCUT2D eigenvalue weighted by molar-refractivity contribution is 6.31. The summed E-state index contributed by atoms with van der Waals surface area (Å²) in [6.07, 6.45) is 1.49. The van der Waals surface area contributed by atoms with Crippen LogP contribution in [-0.2, 0) is 6.61 Å². The van der Waals surface area contributed by atoms with Crippen molar-refractivity contribution in [2.45, 2.75) is 6.61 Å². The summed E-state index contributed by atoms with van der Waals surface area (Å²) in [7, 11) is 0. The van der Waals surface area contributed by atoms with E-state index in [0.717, 1.165) is 5.56 Å².